The Morgan fingerprint density at radius 1 is 0.750 bits per heavy atom. The van der Waals surface area contributed by atoms with Gasteiger partial charge in [-0.25, -0.2) is 17.6 Å². The molecule has 0 fully saturated rings. The fourth-order valence-electron chi connectivity index (χ4n) is 1.60. The monoisotopic (exact) mass is 354 g/mol. The molecule has 0 spiro atoms. The van der Waals surface area contributed by atoms with Crippen molar-refractivity contribution in [3.63, 3.8) is 0 Å². The molecule has 24 heavy (non-hydrogen) atoms. The van der Waals surface area contributed by atoms with Gasteiger partial charge in [0, 0.05) is 0 Å². The van der Waals surface area contributed by atoms with Crippen molar-refractivity contribution in [1.29, 1.82) is 0 Å². The van der Waals surface area contributed by atoms with Crippen LogP contribution < -0.4 is 10.9 Å². The quantitative estimate of drug-likeness (QED) is 0.384. The van der Waals surface area contributed by atoms with Gasteiger partial charge in [-0.05, 0) is 36.5 Å². The molecule has 0 saturated heterocycles. The van der Waals surface area contributed by atoms with E-state index in [9.17, 15) is 17.6 Å². The number of nitrogens with one attached hydrogen (secondary N) is 2. The van der Waals surface area contributed by atoms with Crippen LogP contribution in [0.15, 0.2) is 46.6 Å². The largest absolute Gasteiger partial charge is 0.252 e. The maximum absolute atomic E-state index is 13.3. The number of nitrogens with zero attached hydrogens (tertiary/aromatic N) is 2. The average Bonchev–Trinajstić information content (AvgIpc) is 2.53. The Morgan fingerprint density at radius 3 is 1.42 bits per heavy atom. The molecule has 4 nitrogen and oxygen atoms in total. The smallest absolute Gasteiger partial charge is 0.207 e. The highest BCUT2D eigenvalue weighted by atomic mass is 32.1. The van der Waals surface area contributed by atoms with Crippen LogP contribution in [0, 0.1) is 23.3 Å². The van der Waals surface area contributed by atoms with Crippen molar-refractivity contribution in [2.24, 2.45) is 10.2 Å². The summed E-state index contributed by atoms with van der Waals surface area (Å²) in [5.41, 5.74) is 3.83. The molecule has 0 unspecified atom stereocenters. The van der Waals surface area contributed by atoms with Gasteiger partial charge in [0.05, 0.1) is 23.6 Å². The zero-order valence-electron chi connectivity index (χ0n) is 11.9. The molecule has 0 aromatic heterocycles. The van der Waals surface area contributed by atoms with Crippen LogP contribution >= 0.6 is 12.2 Å². The Bertz CT molecular complexity index is 702. The van der Waals surface area contributed by atoms with E-state index in [2.05, 4.69) is 21.1 Å². The minimum Gasteiger partial charge on any atom is -0.252 e. The number of rotatable bonds is 4. The SMILES string of the molecule is Fc1cccc(F)c1/C=N/NC(=S)N/N=C/c1c(F)cccc1F. The summed E-state index contributed by atoms with van der Waals surface area (Å²) in [5.74, 6) is -3.14. The molecule has 0 bridgehead atoms. The summed E-state index contributed by atoms with van der Waals surface area (Å²) < 4.78 is 53.4. The Balaban J connectivity index is 1.92. The first-order valence-electron chi connectivity index (χ1n) is 6.49. The average molecular weight is 354 g/mol. The molecule has 0 aliphatic rings. The summed E-state index contributed by atoms with van der Waals surface area (Å²) in [6.45, 7) is 0. The van der Waals surface area contributed by atoms with Gasteiger partial charge in [-0.2, -0.15) is 10.2 Å². The highest BCUT2D eigenvalue weighted by Gasteiger charge is 2.06. The number of hydrazone groups is 2. The summed E-state index contributed by atoms with van der Waals surface area (Å²) in [5, 5.41) is 6.94. The fraction of sp³-hybridized carbons (Fsp3) is 0. The molecule has 9 heteroatoms. The van der Waals surface area contributed by atoms with Crippen LogP contribution in [0.25, 0.3) is 0 Å². The van der Waals surface area contributed by atoms with Gasteiger partial charge in [0.15, 0.2) is 0 Å². The summed E-state index contributed by atoms with van der Waals surface area (Å²) in [4.78, 5) is 0. The second kappa shape index (κ2) is 8.16. The normalized spacial score (nSPS) is 11.2. The maximum atomic E-state index is 13.3. The number of halogens is 4. The molecule has 2 rings (SSSR count). The van der Waals surface area contributed by atoms with Gasteiger partial charge in [0.2, 0.25) is 5.11 Å². The van der Waals surface area contributed by atoms with Gasteiger partial charge < -0.3 is 0 Å². The van der Waals surface area contributed by atoms with Crippen molar-refractivity contribution in [2.45, 2.75) is 0 Å². The number of thiocarbonyl (C=S) groups is 1. The third-order valence-electron chi connectivity index (χ3n) is 2.72. The zero-order chi connectivity index (χ0) is 17.5. The second-order valence-electron chi connectivity index (χ2n) is 4.34. The van der Waals surface area contributed by atoms with Crippen LogP contribution in [0.5, 0.6) is 0 Å². The third-order valence-corrected chi connectivity index (χ3v) is 2.90. The van der Waals surface area contributed by atoms with E-state index in [1.165, 1.54) is 12.1 Å². The Kier molecular flexibility index (Phi) is 5.96. The summed E-state index contributed by atoms with van der Waals surface area (Å²) in [6, 6.07) is 6.75. The van der Waals surface area contributed by atoms with Crippen molar-refractivity contribution < 1.29 is 17.6 Å². The topological polar surface area (TPSA) is 48.8 Å². The first-order valence-corrected chi connectivity index (χ1v) is 6.90. The van der Waals surface area contributed by atoms with E-state index in [1.807, 2.05) is 0 Å². The summed E-state index contributed by atoms with van der Waals surface area (Å²) in [6.07, 6.45) is 1.80. The number of benzene rings is 2. The molecule has 0 saturated carbocycles. The molecule has 0 heterocycles. The molecule has 0 atom stereocenters. The molecule has 2 aromatic rings. The van der Waals surface area contributed by atoms with Crippen molar-refractivity contribution in [3.05, 3.63) is 70.8 Å². The minimum absolute atomic E-state index is 0.143. The lowest BCUT2D eigenvalue weighted by Gasteiger charge is -2.02. The molecule has 0 radical (unpaired) electrons. The summed E-state index contributed by atoms with van der Waals surface area (Å²) >= 11 is 4.79. The molecule has 0 aliphatic heterocycles. The number of hydrogen-bond acceptors (Lipinski definition) is 3. The highest BCUT2D eigenvalue weighted by Crippen LogP contribution is 2.09. The van der Waals surface area contributed by atoms with Gasteiger partial charge in [-0.15, -0.1) is 0 Å². The highest BCUT2D eigenvalue weighted by molar-refractivity contribution is 7.80. The van der Waals surface area contributed by atoms with Gasteiger partial charge in [0.1, 0.15) is 23.3 Å². The van der Waals surface area contributed by atoms with E-state index < -0.39 is 23.3 Å². The van der Waals surface area contributed by atoms with Crippen LogP contribution in [-0.4, -0.2) is 17.5 Å². The van der Waals surface area contributed by atoms with E-state index in [0.717, 1.165) is 36.7 Å². The van der Waals surface area contributed by atoms with Gasteiger partial charge in [-0.1, -0.05) is 12.1 Å². The Hall–Kier alpha value is -2.81. The number of hydrogen-bond donors (Lipinski definition) is 2. The third kappa shape index (κ3) is 4.59. The zero-order valence-corrected chi connectivity index (χ0v) is 12.7. The van der Waals surface area contributed by atoms with Crippen molar-refractivity contribution >= 4 is 29.8 Å². The molecular formula is C15H10F4N4S. The predicted octanol–water partition coefficient (Wildman–Crippen LogP) is 3.08. The lowest BCUT2D eigenvalue weighted by Crippen LogP contribution is -2.28. The van der Waals surface area contributed by atoms with Crippen LogP contribution in [0.4, 0.5) is 17.6 Å². The van der Waals surface area contributed by atoms with E-state index in [-0.39, 0.29) is 16.2 Å². The van der Waals surface area contributed by atoms with E-state index in [0.29, 0.717) is 0 Å². The lowest BCUT2D eigenvalue weighted by molar-refractivity contribution is 0.579. The van der Waals surface area contributed by atoms with Crippen LogP contribution in [0.1, 0.15) is 11.1 Å². The molecule has 2 aromatic carbocycles. The molecular weight excluding hydrogens is 344 g/mol. The fourth-order valence-corrected chi connectivity index (χ4v) is 1.71. The Morgan fingerprint density at radius 2 is 1.08 bits per heavy atom. The van der Waals surface area contributed by atoms with Crippen molar-refractivity contribution in [2.75, 3.05) is 0 Å². The first kappa shape index (κ1) is 17.5. The minimum atomic E-state index is -0.785. The predicted molar refractivity (Wildman–Crippen MR) is 86.8 cm³/mol. The maximum Gasteiger partial charge on any atom is 0.207 e. The second-order valence-corrected chi connectivity index (χ2v) is 4.75. The van der Waals surface area contributed by atoms with Gasteiger partial charge >= 0.3 is 0 Å². The van der Waals surface area contributed by atoms with Crippen molar-refractivity contribution in [1.82, 2.24) is 10.9 Å². The van der Waals surface area contributed by atoms with Crippen LogP contribution in [0.2, 0.25) is 0 Å². The van der Waals surface area contributed by atoms with Gasteiger partial charge in [-0.3, -0.25) is 10.9 Å². The first-order chi connectivity index (χ1) is 11.5. The Labute approximate surface area is 139 Å². The molecule has 124 valence electrons. The van der Waals surface area contributed by atoms with Crippen LogP contribution in [-0.2, 0) is 0 Å². The molecule has 0 amide bonds. The summed E-state index contributed by atoms with van der Waals surface area (Å²) in [7, 11) is 0. The lowest BCUT2D eigenvalue weighted by atomic mass is 10.2. The van der Waals surface area contributed by atoms with Gasteiger partial charge in [0.25, 0.3) is 0 Å². The van der Waals surface area contributed by atoms with E-state index >= 15 is 0 Å². The molecule has 2 N–H and O–H groups in total. The standard InChI is InChI=1S/C15H10F4N4S/c16-11-3-1-4-12(17)9(11)7-20-22-15(24)23-21-8-10-13(18)5-2-6-14(10)19/h1-8H,(H2,22,23,24)/b20-7+,21-8+. The van der Waals surface area contributed by atoms with Crippen LogP contribution in [0.3, 0.4) is 0 Å². The van der Waals surface area contributed by atoms with E-state index in [1.54, 1.807) is 0 Å². The molecule has 0 aliphatic carbocycles. The van der Waals surface area contributed by atoms with E-state index in [4.69, 9.17) is 12.2 Å². The van der Waals surface area contributed by atoms with Crippen molar-refractivity contribution in [3.8, 4) is 0 Å².